The largest absolute Gasteiger partial charge is 1.00 e. The number of amides is 1. The van der Waals surface area contributed by atoms with Crippen LogP contribution in [0.5, 0.6) is 11.5 Å². The molecule has 1 amide bonds. The molecule has 0 spiro atoms. The van der Waals surface area contributed by atoms with Crippen LogP contribution in [0.25, 0.3) is 6.08 Å². The molecule has 1 aliphatic rings. The summed E-state index contributed by atoms with van der Waals surface area (Å²) in [7, 11) is 1.58. The Morgan fingerprint density at radius 3 is 2.57 bits per heavy atom. The Morgan fingerprint density at radius 2 is 1.90 bits per heavy atom. The van der Waals surface area contributed by atoms with E-state index in [0.717, 1.165) is 37.2 Å². The monoisotopic (exact) mass is 427 g/mol. The van der Waals surface area contributed by atoms with E-state index in [4.69, 9.17) is 14.6 Å². The van der Waals surface area contributed by atoms with Crippen molar-refractivity contribution in [2.24, 2.45) is 5.92 Å². The number of aliphatic carboxylic acids is 1. The van der Waals surface area contributed by atoms with E-state index in [1.54, 1.807) is 19.3 Å². The standard InChI is InChI=1S/C23H33NO5.Na.H/c1-17-7-11-19(12-8-17)24-22(25)14-10-18-9-13-20(21(16-18)28-2)29-15-5-3-4-6-23(26)27;;/h9-10,13-14,16-17,19H,3-8,11-12,15H2,1-2H3,(H,24,25)(H,26,27);;/q;+1;-1/b14-10+;;. The predicted octanol–water partition coefficient (Wildman–Crippen LogP) is 1.54. The van der Waals surface area contributed by atoms with E-state index in [1.807, 2.05) is 18.2 Å². The number of benzene rings is 1. The van der Waals surface area contributed by atoms with Gasteiger partial charge in [0.2, 0.25) is 5.91 Å². The minimum absolute atomic E-state index is 0. The van der Waals surface area contributed by atoms with Gasteiger partial charge >= 0.3 is 35.5 Å². The molecule has 30 heavy (non-hydrogen) atoms. The zero-order valence-electron chi connectivity index (χ0n) is 19.5. The second kappa shape index (κ2) is 14.5. The first kappa shape index (κ1) is 26.5. The van der Waals surface area contributed by atoms with Gasteiger partial charge in [-0.3, -0.25) is 9.59 Å². The summed E-state index contributed by atoms with van der Waals surface area (Å²) in [6.07, 6.45) is 10.2. The maximum absolute atomic E-state index is 12.2. The molecule has 1 aliphatic carbocycles. The Hall–Kier alpha value is -1.50. The van der Waals surface area contributed by atoms with Crippen molar-refractivity contribution in [2.75, 3.05) is 13.7 Å². The molecule has 0 bridgehead atoms. The van der Waals surface area contributed by atoms with Crippen molar-refractivity contribution in [3.8, 4) is 11.5 Å². The van der Waals surface area contributed by atoms with Crippen LogP contribution in [-0.2, 0) is 9.59 Å². The van der Waals surface area contributed by atoms with Gasteiger partial charge in [-0.15, -0.1) is 0 Å². The van der Waals surface area contributed by atoms with Crippen LogP contribution < -0.4 is 44.3 Å². The number of hydrogen-bond acceptors (Lipinski definition) is 4. The third-order valence-electron chi connectivity index (χ3n) is 5.27. The molecule has 1 aromatic rings. The number of carbonyl (C=O) groups excluding carboxylic acids is 1. The molecule has 2 rings (SSSR count). The topological polar surface area (TPSA) is 84.9 Å². The number of carboxylic acids is 1. The number of rotatable bonds is 11. The van der Waals surface area contributed by atoms with Crippen LogP contribution in [0.15, 0.2) is 24.3 Å². The summed E-state index contributed by atoms with van der Waals surface area (Å²) in [4.78, 5) is 22.7. The summed E-state index contributed by atoms with van der Waals surface area (Å²) in [6, 6.07) is 5.83. The SMILES string of the molecule is COc1cc(/C=C/C(=O)NC2CCC(C)CC2)ccc1OCCCCCC(=O)O.[H-].[Na+]. The number of nitrogens with one attached hydrogen (secondary N) is 1. The fraction of sp³-hybridized carbons (Fsp3) is 0.565. The van der Waals surface area contributed by atoms with Crippen LogP contribution in [0, 0.1) is 5.92 Å². The first-order valence-corrected chi connectivity index (χ1v) is 10.5. The Balaban J connectivity index is 0.00000450. The molecule has 0 aliphatic heterocycles. The molecule has 7 heteroatoms. The smallest absolute Gasteiger partial charge is 1.00 e. The average Bonchev–Trinajstić information content (AvgIpc) is 2.71. The van der Waals surface area contributed by atoms with E-state index in [-0.39, 0.29) is 49.4 Å². The molecule has 1 fully saturated rings. The van der Waals surface area contributed by atoms with Crippen LogP contribution in [0.2, 0.25) is 0 Å². The van der Waals surface area contributed by atoms with E-state index >= 15 is 0 Å². The van der Waals surface area contributed by atoms with Crippen molar-refractivity contribution in [3.05, 3.63) is 29.8 Å². The molecule has 0 heterocycles. The van der Waals surface area contributed by atoms with Gasteiger partial charge in [0.15, 0.2) is 11.5 Å². The fourth-order valence-electron chi connectivity index (χ4n) is 3.47. The van der Waals surface area contributed by atoms with E-state index in [9.17, 15) is 9.59 Å². The van der Waals surface area contributed by atoms with Crippen molar-refractivity contribution in [1.82, 2.24) is 5.32 Å². The fourth-order valence-corrected chi connectivity index (χ4v) is 3.47. The number of methoxy groups -OCH3 is 1. The van der Waals surface area contributed by atoms with Crippen molar-refractivity contribution >= 4 is 18.0 Å². The quantitative estimate of drug-likeness (QED) is 0.318. The zero-order chi connectivity index (χ0) is 21.1. The van der Waals surface area contributed by atoms with Gasteiger partial charge in [0.25, 0.3) is 0 Å². The maximum Gasteiger partial charge on any atom is 1.00 e. The number of carboxylic acid groups (broad SMARTS) is 1. The first-order chi connectivity index (χ1) is 14.0. The minimum Gasteiger partial charge on any atom is -1.00 e. The third kappa shape index (κ3) is 10.0. The van der Waals surface area contributed by atoms with Crippen LogP contribution in [0.3, 0.4) is 0 Å². The van der Waals surface area contributed by atoms with Gasteiger partial charge in [0, 0.05) is 18.5 Å². The summed E-state index contributed by atoms with van der Waals surface area (Å²) < 4.78 is 11.1. The molecular weight excluding hydrogens is 393 g/mol. The van der Waals surface area contributed by atoms with Crippen molar-refractivity contribution in [2.45, 2.75) is 64.3 Å². The second-order valence-electron chi connectivity index (χ2n) is 7.76. The maximum atomic E-state index is 12.2. The zero-order valence-corrected chi connectivity index (χ0v) is 20.5. The van der Waals surface area contributed by atoms with Gasteiger partial charge in [-0.1, -0.05) is 13.0 Å². The number of ether oxygens (including phenoxy) is 2. The van der Waals surface area contributed by atoms with E-state index in [2.05, 4.69) is 12.2 Å². The average molecular weight is 428 g/mol. The number of carbonyl (C=O) groups is 2. The van der Waals surface area contributed by atoms with Gasteiger partial charge in [-0.2, -0.15) is 0 Å². The van der Waals surface area contributed by atoms with Gasteiger partial charge in [-0.25, -0.2) is 0 Å². The minimum atomic E-state index is -0.766. The van der Waals surface area contributed by atoms with Crippen LogP contribution in [-0.4, -0.2) is 36.7 Å². The van der Waals surface area contributed by atoms with Gasteiger partial charge < -0.3 is 21.3 Å². The van der Waals surface area contributed by atoms with E-state index in [1.165, 1.54) is 12.8 Å². The van der Waals surface area contributed by atoms with Gasteiger partial charge in [-0.05, 0) is 74.6 Å². The van der Waals surface area contributed by atoms with Gasteiger partial charge in [0.05, 0.1) is 13.7 Å². The summed E-state index contributed by atoms with van der Waals surface area (Å²) in [5, 5.41) is 11.7. The summed E-state index contributed by atoms with van der Waals surface area (Å²) in [5.41, 5.74) is 0.864. The van der Waals surface area contributed by atoms with E-state index in [0.29, 0.717) is 24.5 Å². The Bertz CT molecular complexity index is 705. The normalized spacial score (nSPS) is 18.5. The molecule has 162 valence electrons. The van der Waals surface area contributed by atoms with Crippen LogP contribution >= 0.6 is 0 Å². The summed E-state index contributed by atoms with van der Waals surface area (Å²) in [6.45, 7) is 2.77. The van der Waals surface area contributed by atoms with Crippen molar-refractivity contribution in [3.63, 3.8) is 0 Å². The van der Waals surface area contributed by atoms with Crippen molar-refractivity contribution < 1.29 is 55.2 Å². The van der Waals surface area contributed by atoms with Gasteiger partial charge in [0.1, 0.15) is 0 Å². The molecule has 0 saturated heterocycles. The molecule has 0 aromatic heterocycles. The Morgan fingerprint density at radius 1 is 1.17 bits per heavy atom. The molecular formula is C23H34NNaO5. The summed E-state index contributed by atoms with van der Waals surface area (Å²) in [5.74, 6) is 1.18. The predicted molar refractivity (Wildman–Crippen MR) is 114 cm³/mol. The third-order valence-corrected chi connectivity index (χ3v) is 5.27. The number of hydrogen-bond donors (Lipinski definition) is 2. The molecule has 6 nitrogen and oxygen atoms in total. The molecule has 1 aromatic carbocycles. The van der Waals surface area contributed by atoms with E-state index < -0.39 is 5.97 Å². The number of unbranched alkanes of at least 4 members (excludes halogenated alkanes) is 2. The Labute approximate surface area is 203 Å². The molecule has 1 saturated carbocycles. The van der Waals surface area contributed by atoms with Crippen molar-refractivity contribution in [1.29, 1.82) is 0 Å². The second-order valence-corrected chi connectivity index (χ2v) is 7.76. The summed E-state index contributed by atoms with van der Waals surface area (Å²) >= 11 is 0. The first-order valence-electron chi connectivity index (χ1n) is 10.5. The van der Waals surface area contributed by atoms with Crippen LogP contribution in [0.1, 0.15) is 65.3 Å². The Kier molecular flexibility index (Phi) is 12.8. The molecule has 0 unspecified atom stereocenters. The molecule has 0 atom stereocenters. The molecule has 0 radical (unpaired) electrons. The van der Waals surface area contributed by atoms with Crippen LogP contribution in [0.4, 0.5) is 0 Å². The molecule has 2 N–H and O–H groups in total.